The Hall–Kier alpha value is -1.25. The lowest BCUT2D eigenvalue weighted by Gasteiger charge is -2.15. The maximum Gasteiger partial charge on any atom is 0.271 e. The molecule has 0 saturated heterocycles. The molecule has 2 aromatic rings. The van der Waals surface area contributed by atoms with Gasteiger partial charge in [-0.2, -0.15) is 5.10 Å². The van der Waals surface area contributed by atoms with Crippen LogP contribution in [-0.4, -0.2) is 29.4 Å². The molecule has 0 aliphatic rings. The van der Waals surface area contributed by atoms with Crippen molar-refractivity contribution < 1.29 is 9.66 Å². The van der Waals surface area contributed by atoms with Crippen LogP contribution in [0.15, 0.2) is 22.8 Å². The highest BCUT2D eigenvalue weighted by Crippen LogP contribution is 2.29. The van der Waals surface area contributed by atoms with Gasteiger partial charge >= 0.3 is 0 Å². The molecule has 0 spiro atoms. The zero-order valence-electron chi connectivity index (χ0n) is 12.3. The average Bonchev–Trinajstić information content (AvgIpc) is 2.77. The van der Waals surface area contributed by atoms with Crippen LogP contribution in [0.3, 0.4) is 0 Å². The molecule has 0 radical (unpaired) electrons. The van der Waals surface area contributed by atoms with Gasteiger partial charge in [0.1, 0.15) is 6.73 Å². The second-order valence-corrected chi connectivity index (χ2v) is 12.6. The molecule has 0 saturated carbocycles. The number of benzene rings is 1. The van der Waals surface area contributed by atoms with Crippen LogP contribution in [0, 0.1) is 10.1 Å². The predicted octanol–water partition coefficient (Wildman–Crippen LogP) is 4.02. The minimum atomic E-state index is -1.10. The van der Waals surface area contributed by atoms with Crippen LogP contribution in [-0.2, 0) is 11.5 Å². The molecule has 0 aliphatic heterocycles. The molecule has 21 heavy (non-hydrogen) atoms. The summed E-state index contributed by atoms with van der Waals surface area (Å²) in [5.41, 5.74) is 0.863. The third-order valence-corrected chi connectivity index (χ3v) is 5.40. The fourth-order valence-electron chi connectivity index (χ4n) is 1.90. The summed E-state index contributed by atoms with van der Waals surface area (Å²) in [7, 11) is -1.10. The van der Waals surface area contributed by atoms with Crippen molar-refractivity contribution in [2.75, 3.05) is 6.61 Å². The highest BCUT2D eigenvalue weighted by atomic mass is 79.9. The number of nitrogens with zero attached hydrogens (tertiary/aromatic N) is 3. The molecule has 2 rings (SSSR count). The van der Waals surface area contributed by atoms with Crippen LogP contribution in [0.25, 0.3) is 10.9 Å². The van der Waals surface area contributed by atoms with Crippen LogP contribution in [0.5, 0.6) is 0 Å². The Bertz CT molecular complexity index is 666. The zero-order chi connectivity index (χ0) is 15.6. The van der Waals surface area contributed by atoms with E-state index in [1.54, 1.807) is 10.9 Å². The summed E-state index contributed by atoms with van der Waals surface area (Å²) in [6, 6.07) is 4.10. The molecule has 0 N–H and O–H groups in total. The van der Waals surface area contributed by atoms with Gasteiger partial charge in [-0.25, -0.2) is 4.68 Å². The Labute approximate surface area is 132 Å². The summed E-state index contributed by atoms with van der Waals surface area (Å²) in [6.07, 6.45) is 1.62. The highest BCUT2D eigenvalue weighted by molar-refractivity contribution is 9.10. The lowest BCUT2D eigenvalue weighted by molar-refractivity contribution is -0.384. The van der Waals surface area contributed by atoms with Crippen LogP contribution in [0.1, 0.15) is 0 Å². The lowest BCUT2D eigenvalue weighted by atomic mass is 10.2. The zero-order valence-corrected chi connectivity index (χ0v) is 14.9. The van der Waals surface area contributed by atoms with Crippen LogP contribution in [0.2, 0.25) is 25.7 Å². The van der Waals surface area contributed by atoms with E-state index in [1.165, 1.54) is 12.1 Å². The molecule has 1 aromatic carbocycles. The second-order valence-electron chi connectivity index (χ2n) is 6.11. The number of nitro benzene ring substituents is 1. The number of halogens is 1. The van der Waals surface area contributed by atoms with Gasteiger partial charge in [-0.15, -0.1) is 0 Å². The van der Waals surface area contributed by atoms with Crippen LogP contribution in [0.4, 0.5) is 5.69 Å². The number of hydrogen-bond donors (Lipinski definition) is 0. The van der Waals surface area contributed by atoms with E-state index in [0.717, 1.165) is 16.9 Å². The number of aromatic nitrogens is 2. The quantitative estimate of drug-likeness (QED) is 0.332. The fourth-order valence-corrected chi connectivity index (χ4v) is 3.32. The Balaban J connectivity index is 2.13. The van der Waals surface area contributed by atoms with Crippen molar-refractivity contribution in [1.82, 2.24) is 9.78 Å². The number of nitro groups is 1. The Morgan fingerprint density at radius 3 is 2.76 bits per heavy atom. The summed E-state index contributed by atoms with van der Waals surface area (Å²) in [5.74, 6) is 0. The maximum absolute atomic E-state index is 10.8. The number of rotatable bonds is 6. The summed E-state index contributed by atoms with van der Waals surface area (Å²) in [6.45, 7) is 7.96. The largest absolute Gasteiger partial charge is 0.360 e. The highest BCUT2D eigenvalue weighted by Gasteiger charge is 2.15. The first kappa shape index (κ1) is 16.1. The van der Waals surface area contributed by atoms with Gasteiger partial charge in [0.2, 0.25) is 0 Å². The molecule has 8 heteroatoms. The molecule has 0 aliphatic carbocycles. The van der Waals surface area contributed by atoms with Gasteiger partial charge in [0.25, 0.3) is 5.69 Å². The summed E-state index contributed by atoms with van der Waals surface area (Å²) in [4.78, 5) is 10.4. The molecule has 0 amide bonds. The first-order valence-corrected chi connectivity index (χ1v) is 11.2. The summed E-state index contributed by atoms with van der Waals surface area (Å²) < 4.78 is 8.04. The van der Waals surface area contributed by atoms with E-state index in [2.05, 4.69) is 40.7 Å². The predicted molar refractivity (Wildman–Crippen MR) is 88.2 cm³/mol. The Morgan fingerprint density at radius 1 is 1.43 bits per heavy atom. The summed E-state index contributed by atoms with van der Waals surface area (Å²) >= 11 is 3.37. The Morgan fingerprint density at radius 2 is 2.14 bits per heavy atom. The van der Waals surface area contributed by atoms with Gasteiger partial charge < -0.3 is 4.74 Å². The SMILES string of the molecule is C[Si](C)(C)CCOCn1ncc2cc([N+](=O)[O-])cc(Br)c21. The van der Waals surface area contributed by atoms with Crippen molar-refractivity contribution in [1.29, 1.82) is 0 Å². The van der Waals surface area contributed by atoms with Gasteiger partial charge in [0, 0.05) is 32.2 Å². The van der Waals surface area contributed by atoms with Crippen molar-refractivity contribution in [2.24, 2.45) is 0 Å². The molecule has 0 fully saturated rings. The molecular weight excluding hydrogens is 354 g/mol. The van der Waals surface area contributed by atoms with Crippen molar-refractivity contribution >= 4 is 40.6 Å². The van der Waals surface area contributed by atoms with Gasteiger partial charge in [-0.1, -0.05) is 19.6 Å². The van der Waals surface area contributed by atoms with Gasteiger partial charge in [-0.05, 0) is 22.0 Å². The third-order valence-electron chi connectivity index (χ3n) is 3.09. The molecular formula is C13H18BrN3O3Si. The first-order valence-electron chi connectivity index (χ1n) is 6.65. The molecule has 1 heterocycles. The van der Waals surface area contributed by atoms with Crippen molar-refractivity contribution in [3.8, 4) is 0 Å². The normalized spacial score (nSPS) is 12.0. The molecule has 0 atom stereocenters. The number of ether oxygens (including phenoxy) is 1. The van der Waals surface area contributed by atoms with Crippen molar-refractivity contribution in [3.05, 3.63) is 32.9 Å². The van der Waals surface area contributed by atoms with E-state index < -0.39 is 13.0 Å². The molecule has 114 valence electrons. The maximum atomic E-state index is 10.8. The van der Waals surface area contributed by atoms with Gasteiger partial charge in [0.05, 0.1) is 21.1 Å². The lowest BCUT2D eigenvalue weighted by Crippen LogP contribution is -2.22. The van der Waals surface area contributed by atoms with Crippen LogP contribution < -0.4 is 0 Å². The molecule has 1 aromatic heterocycles. The number of fused-ring (bicyclic) bond motifs is 1. The minimum Gasteiger partial charge on any atom is -0.360 e. The van der Waals surface area contributed by atoms with E-state index in [1.807, 2.05) is 0 Å². The van der Waals surface area contributed by atoms with Crippen molar-refractivity contribution in [2.45, 2.75) is 32.4 Å². The minimum absolute atomic E-state index is 0.0496. The monoisotopic (exact) mass is 371 g/mol. The Kier molecular flexibility index (Phi) is 4.80. The average molecular weight is 372 g/mol. The molecule has 6 nitrogen and oxygen atoms in total. The second kappa shape index (κ2) is 6.25. The first-order chi connectivity index (χ1) is 9.78. The molecule has 0 unspecified atom stereocenters. The summed E-state index contributed by atoms with van der Waals surface area (Å²) in [5, 5.41) is 15.8. The van der Waals surface area contributed by atoms with E-state index in [4.69, 9.17) is 4.74 Å². The number of hydrogen-bond acceptors (Lipinski definition) is 4. The van der Waals surface area contributed by atoms with Gasteiger partial charge in [-0.3, -0.25) is 10.1 Å². The smallest absolute Gasteiger partial charge is 0.271 e. The number of non-ortho nitro benzene ring substituents is 1. The van der Waals surface area contributed by atoms with Gasteiger partial charge in [0.15, 0.2) is 0 Å². The topological polar surface area (TPSA) is 70.2 Å². The molecule has 0 bridgehead atoms. The van der Waals surface area contributed by atoms with Crippen molar-refractivity contribution in [3.63, 3.8) is 0 Å². The van der Waals surface area contributed by atoms with E-state index in [-0.39, 0.29) is 5.69 Å². The van der Waals surface area contributed by atoms with E-state index in [9.17, 15) is 10.1 Å². The van der Waals surface area contributed by atoms with E-state index >= 15 is 0 Å². The van der Waals surface area contributed by atoms with Crippen LogP contribution >= 0.6 is 15.9 Å². The third kappa shape index (κ3) is 4.11. The fraction of sp³-hybridized carbons (Fsp3) is 0.462. The van der Waals surface area contributed by atoms with E-state index in [0.29, 0.717) is 17.8 Å². The standard InChI is InChI=1S/C13H18BrN3O3Si/c1-21(2,3)5-4-20-9-16-13-10(8-15-16)6-11(17(18)19)7-12(13)14/h6-8H,4-5,9H2,1-3H3.